The lowest BCUT2D eigenvalue weighted by Gasteiger charge is -2.28. The van der Waals surface area contributed by atoms with Crippen LogP contribution >= 0.6 is 12.2 Å². The summed E-state index contributed by atoms with van der Waals surface area (Å²) < 4.78 is 0. The van der Waals surface area contributed by atoms with Crippen molar-refractivity contribution in [3.05, 3.63) is 71.8 Å². The van der Waals surface area contributed by atoms with Gasteiger partial charge in [-0.05, 0) is 55.4 Å². The Hall–Kier alpha value is -1.87. The maximum absolute atomic E-state index is 5.77. The van der Waals surface area contributed by atoms with E-state index < -0.39 is 0 Å². The molecule has 0 aromatic heterocycles. The number of thiocarbonyl (C=S) groups is 1. The minimum Gasteiger partial charge on any atom is -0.360 e. The fourth-order valence-corrected chi connectivity index (χ4v) is 4.03. The van der Waals surface area contributed by atoms with Crippen LogP contribution < -0.4 is 5.32 Å². The van der Waals surface area contributed by atoms with Crippen LogP contribution in [0.2, 0.25) is 0 Å². The zero-order valence-electron chi connectivity index (χ0n) is 15.6. The van der Waals surface area contributed by atoms with Crippen molar-refractivity contribution in [1.82, 2.24) is 10.2 Å². The maximum atomic E-state index is 5.77. The molecule has 0 heterocycles. The van der Waals surface area contributed by atoms with E-state index in [2.05, 4.69) is 70.9 Å². The van der Waals surface area contributed by atoms with Gasteiger partial charge < -0.3 is 10.2 Å². The zero-order valence-corrected chi connectivity index (χ0v) is 16.4. The van der Waals surface area contributed by atoms with Gasteiger partial charge in [0.05, 0.1) is 0 Å². The van der Waals surface area contributed by atoms with Crippen molar-refractivity contribution >= 4 is 17.3 Å². The van der Waals surface area contributed by atoms with E-state index in [1.54, 1.807) is 0 Å². The van der Waals surface area contributed by atoms with E-state index in [1.807, 2.05) is 0 Å². The Labute approximate surface area is 163 Å². The Morgan fingerprint density at radius 1 is 0.846 bits per heavy atom. The second-order valence-electron chi connectivity index (χ2n) is 7.24. The maximum Gasteiger partial charge on any atom is 0.169 e. The summed E-state index contributed by atoms with van der Waals surface area (Å²) in [4.78, 5) is 2.38. The van der Waals surface area contributed by atoms with Crippen molar-refractivity contribution < 1.29 is 0 Å². The molecular weight excluding hydrogens is 336 g/mol. The summed E-state index contributed by atoms with van der Waals surface area (Å²) in [6.45, 7) is 2.00. The predicted molar refractivity (Wildman–Crippen MR) is 114 cm³/mol. The van der Waals surface area contributed by atoms with Crippen LogP contribution in [0, 0.1) is 0 Å². The third-order valence-corrected chi connectivity index (χ3v) is 5.60. The first kappa shape index (κ1) is 18.9. The predicted octanol–water partition coefficient (Wildman–Crippen LogP) is 4.98. The van der Waals surface area contributed by atoms with Crippen molar-refractivity contribution in [1.29, 1.82) is 0 Å². The second kappa shape index (κ2) is 10.3. The molecule has 0 aliphatic heterocycles. The molecule has 0 saturated heterocycles. The van der Waals surface area contributed by atoms with Crippen molar-refractivity contribution in [3.63, 3.8) is 0 Å². The average molecular weight is 367 g/mol. The van der Waals surface area contributed by atoms with Crippen LogP contribution in [0.25, 0.3) is 0 Å². The second-order valence-corrected chi connectivity index (χ2v) is 7.63. The fourth-order valence-electron chi connectivity index (χ4n) is 3.68. The van der Waals surface area contributed by atoms with Gasteiger partial charge in [0, 0.05) is 19.1 Å². The van der Waals surface area contributed by atoms with Crippen LogP contribution in [0.5, 0.6) is 0 Å². The van der Waals surface area contributed by atoms with Crippen molar-refractivity contribution in [2.45, 2.75) is 51.0 Å². The van der Waals surface area contributed by atoms with Gasteiger partial charge >= 0.3 is 0 Å². The molecule has 0 unspecified atom stereocenters. The largest absolute Gasteiger partial charge is 0.360 e. The lowest BCUT2D eigenvalue weighted by Crippen LogP contribution is -2.45. The summed E-state index contributed by atoms with van der Waals surface area (Å²) in [5, 5.41) is 4.57. The van der Waals surface area contributed by atoms with Gasteiger partial charge in [0.1, 0.15) is 0 Å². The number of rotatable bonds is 8. The molecule has 2 aromatic rings. The van der Waals surface area contributed by atoms with Crippen molar-refractivity contribution in [3.8, 4) is 0 Å². The molecule has 1 aliphatic rings. The van der Waals surface area contributed by atoms with Crippen LogP contribution in [-0.4, -0.2) is 29.1 Å². The zero-order chi connectivity index (χ0) is 18.0. The molecule has 0 radical (unpaired) electrons. The lowest BCUT2D eigenvalue weighted by molar-refractivity contribution is 0.399. The highest BCUT2D eigenvalue weighted by atomic mass is 32.1. The van der Waals surface area contributed by atoms with Gasteiger partial charge in [0.25, 0.3) is 0 Å². The van der Waals surface area contributed by atoms with E-state index in [-0.39, 0.29) is 0 Å². The summed E-state index contributed by atoms with van der Waals surface area (Å²) >= 11 is 5.77. The number of hydrogen-bond acceptors (Lipinski definition) is 1. The molecule has 1 fully saturated rings. The Kier molecular flexibility index (Phi) is 7.51. The number of aryl methyl sites for hydroxylation is 1. The summed E-state index contributed by atoms with van der Waals surface area (Å²) in [6, 6.07) is 22.0. The van der Waals surface area contributed by atoms with E-state index in [0.29, 0.717) is 6.04 Å². The molecule has 138 valence electrons. The standard InChI is InChI=1S/C23H30N2S/c26-23(24-22-15-7-8-16-22)25(19-17-21-12-5-2-6-13-21)18-9-14-20-10-3-1-4-11-20/h1-6,10-13,22H,7-9,14-19H2,(H,24,26). The van der Waals surface area contributed by atoms with Gasteiger partial charge in [-0.2, -0.15) is 0 Å². The Morgan fingerprint density at radius 3 is 2.04 bits per heavy atom. The highest BCUT2D eigenvalue weighted by Gasteiger charge is 2.18. The Bertz CT molecular complexity index is 650. The van der Waals surface area contributed by atoms with Gasteiger partial charge in [0.15, 0.2) is 5.11 Å². The molecule has 3 heteroatoms. The summed E-state index contributed by atoms with van der Waals surface area (Å²) in [5.74, 6) is 0. The molecule has 1 aliphatic carbocycles. The lowest BCUT2D eigenvalue weighted by atomic mass is 10.1. The van der Waals surface area contributed by atoms with Gasteiger partial charge in [-0.3, -0.25) is 0 Å². The highest BCUT2D eigenvalue weighted by molar-refractivity contribution is 7.80. The SMILES string of the molecule is S=C(NC1CCCC1)N(CCCc1ccccc1)CCc1ccccc1. The van der Waals surface area contributed by atoms with Gasteiger partial charge in [-0.15, -0.1) is 0 Å². The van der Waals surface area contributed by atoms with Crippen LogP contribution in [0.4, 0.5) is 0 Å². The normalized spacial score (nSPS) is 14.3. The molecule has 0 spiro atoms. The molecule has 0 amide bonds. The third kappa shape index (κ3) is 6.14. The minimum absolute atomic E-state index is 0.579. The van der Waals surface area contributed by atoms with E-state index in [9.17, 15) is 0 Å². The first-order valence-electron chi connectivity index (χ1n) is 9.94. The van der Waals surface area contributed by atoms with Gasteiger partial charge in [0.2, 0.25) is 0 Å². The molecule has 1 saturated carbocycles. The third-order valence-electron chi connectivity index (χ3n) is 5.22. The fraction of sp³-hybridized carbons (Fsp3) is 0.435. The number of hydrogen-bond donors (Lipinski definition) is 1. The van der Waals surface area contributed by atoms with Crippen LogP contribution in [-0.2, 0) is 12.8 Å². The van der Waals surface area contributed by atoms with Crippen molar-refractivity contribution in [2.75, 3.05) is 13.1 Å². The molecular formula is C23H30N2S. The van der Waals surface area contributed by atoms with E-state index in [0.717, 1.165) is 37.5 Å². The summed E-state index contributed by atoms with van der Waals surface area (Å²) in [5.41, 5.74) is 2.79. The van der Waals surface area contributed by atoms with Crippen LogP contribution in [0.15, 0.2) is 60.7 Å². The Balaban J connectivity index is 1.53. The number of nitrogens with zero attached hydrogens (tertiary/aromatic N) is 1. The summed E-state index contributed by atoms with van der Waals surface area (Å²) in [6.07, 6.45) is 8.46. The highest BCUT2D eigenvalue weighted by Crippen LogP contribution is 2.18. The van der Waals surface area contributed by atoms with Crippen LogP contribution in [0.3, 0.4) is 0 Å². The van der Waals surface area contributed by atoms with Crippen LogP contribution in [0.1, 0.15) is 43.2 Å². The van der Waals surface area contributed by atoms with Gasteiger partial charge in [-0.25, -0.2) is 0 Å². The first-order valence-corrected chi connectivity index (χ1v) is 10.4. The molecule has 0 bridgehead atoms. The van der Waals surface area contributed by atoms with E-state index in [1.165, 1.54) is 36.8 Å². The molecule has 2 aromatic carbocycles. The smallest absolute Gasteiger partial charge is 0.169 e. The van der Waals surface area contributed by atoms with E-state index >= 15 is 0 Å². The van der Waals surface area contributed by atoms with E-state index in [4.69, 9.17) is 12.2 Å². The monoisotopic (exact) mass is 366 g/mol. The number of nitrogens with one attached hydrogen (secondary N) is 1. The minimum atomic E-state index is 0.579. The molecule has 1 N–H and O–H groups in total. The average Bonchev–Trinajstić information content (AvgIpc) is 3.19. The Morgan fingerprint density at radius 2 is 1.42 bits per heavy atom. The molecule has 3 rings (SSSR count). The first-order chi connectivity index (χ1) is 12.8. The van der Waals surface area contributed by atoms with Gasteiger partial charge in [-0.1, -0.05) is 73.5 Å². The molecule has 2 nitrogen and oxygen atoms in total. The van der Waals surface area contributed by atoms with Crippen molar-refractivity contribution in [2.24, 2.45) is 0 Å². The number of benzene rings is 2. The quantitative estimate of drug-likeness (QED) is 0.663. The summed E-state index contributed by atoms with van der Waals surface area (Å²) in [7, 11) is 0. The molecule has 0 atom stereocenters. The topological polar surface area (TPSA) is 15.3 Å². The molecule has 26 heavy (non-hydrogen) atoms.